The van der Waals surface area contributed by atoms with E-state index in [0.717, 1.165) is 12.1 Å². The highest BCUT2D eigenvalue weighted by atomic mass is 35.5. The minimum absolute atomic E-state index is 0.0304. The Bertz CT molecular complexity index is 3450. The third-order valence-corrected chi connectivity index (χ3v) is 14.8. The highest BCUT2D eigenvalue weighted by molar-refractivity contribution is 7.82. The first-order valence-electron chi connectivity index (χ1n) is 25.0. The predicted octanol–water partition coefficient (Wildman–Crippen LogP) is 2.15. The molecule has 4 aromatic carbocycles. The largest absolute Gasteiger partial charge is 0.507 e. The van der Waals surface area contributed by atoms with Crippen LogP contribution in [0.1, 0.15) is 68.1 Å². The molecular formula is C52H56ClN7O19S. The summed E-state index contributed by atoms with van der Waals surface area (Å²) in [5, 5.41) is 61.3. The van der Waals surface area contributed by atoms with E-state index < -0.39 is 76.9 Å². The van der Waals surface area contributed by atoms with E-state index in [0.29, 0.717) is 33.3 Å². The van der Waals surface area contributed by atoms with Crippen molar-refractivity contribution in [1.82, 2.24) is 29.8 Å². The van der Waals surface area contributed by atoms with Gasteiger partial charge in [-0.2, -0.15) is 0 Å². The summed E-state index contributed by atoms with van der Waals surface area (Å²) in [4.78, 5) is 71.0. The number of aliphatic hydroxyl groups is 4. The van der Waals surface area contributed by atoms with Crippen LogP contribution in [0.3, 0.4) is 0 Å². The van der Waals surface area contributed by atoms with Crippen molar-refractivity contribution in [3.8, 4) is 28.7 Å². The molecule has 6 N–H and O–H groups in total. The molecule has 6 atom stereocenters. The van der Waals surface area contributed by atoms with Crippen molar-refractivity contribution in [2.24, 2.45) is 0 Å². The normalized spacial score (nSPS) is 20.1. The third-order valence-electron chi connectivity index (χ3n) is 13.7. The first kappa shape index (κ1) is 57.2. The van der Waals surface area contributed by atoms with Gasteiger partial charge in [0.25, 0.3) is 11.8 Å². The molecule has 0 spiro atoms. The molecule has 1 unspecified atom stereocenters. The van der Waals surface area contributed by atoms with Crippen LogP contribution in [0.2, 0.25) is 0 Å². The van der Waals surface area contributed by atoms with Crippen LogP contribution in [-0.2, 0) is 47.4 Å². The number of hydrogen-bond donors (Lipinski definition) is 6. The predicted molar refractivity (Wildman–Crippen MR) is 280 cm³/mol. The molecule has 3 aliphatic rings. The maximum atomic E-state index is 14.5. The Morgan fingerprint density at radius 3 is 2.36 bits per heavy atom. The summed E-state index contributed by atoms with van der Waals surface area (Å²) in [5.41, 5.74) is 1.64. The van der Waals surface area contributed by atoms with Gasteiger partial charge in [0.2, 0.25) is 18.1 Å². The van der Waals surface area contributed by atoms with E-state index in [2.05, 4.69) is 15.3 Å². The Hall–Kier alpha value is -7.47. The number of rotatable bonds is 23. The number of aromatic amines is 1. The fourth-order valence-electron chi connectivity index (χ4n) is 9.50. The third kappa shape index (κ3) is 12.1. The van der Waals surface area contributed by atoms with Crippen LogP contribution in [0.25, 0.3) is 21.7 Å². The Labute approximate surface area is 461 Å². The Morgan fingerprint density at radius 1 is 0.887 bits per heavy atom. The Kier molecular flexibility index (Phi) is 17.2. The first-order chi connectivity index (χ1) is 38.3. The van der Waals surface area contributed by atoms with E-state index in [1.807, 2.05) is 0 Å². The average molecular weight is 1150 g/mol. The molecule has 3 aliphatic heterocycles. The second-order valence-corrected chi connectivity index (χ2v) is 20.5. The summed E-state index contributed by atoms with van der Waals surface area (Å²) in [5.74, 6) is -3.89. The number of nitrogens with one attached hydrogen (secondary N) is 1. The highest BCUT2D eigenvalue weighted by Crippen LogP contribution is 2.48. The van der Waals surface area contributed by atoms with Gasteiger partial charge >= 0.3 is 10.4 Å². The van der Waals surface area contributed by atoms with Crippen molar-refractivity contribution in [2.45, 2.75) is 69.5 Å². The van der Waals surface area contributed by atoms with Gasteiger partial charge in [-0.3, -0.25) is 28.9 Å². The van der Waals surface area contributed by atoms with E-state index in [-0.39, 0.29) is 128 Å². The summed E-state index contributed by atoms with van der Waals surface area (Å²) in [6.45, 7) is 1.47. The molecule has 0 aliphatic carbocycles. The van der Waals surface area contributed by atoms with Crippen LogP contribution >= 0.6 is 11.6 Å². The van der Waals surface area contributed by atoms with Gasteiger partial charge in [-0.05, 0) is 66.4 Å². The lowest BCUT2D eigenvalue weighted by molar-refractivity contribution is -0.277. The number of imide groups is 1. The van der Waals surface area contributed by atoms with Crippen molar-refractivity contribution in [2.75, 3.05) is 71.0 Å². The number of aromatic hydroxyl groups is 1. The van der Waals surface area contributed by atoms with Crippen LogP contribution < -0.4 is 22.7 Å². The lowest BCUT2D eigenvalue weighted by Gasteiger charge is -2.39. The zero-order chi connectivity index (χ0) is 57.2. The lowest BCUT2D eigenvalue weighted by atomic mass is 9.95. The first-order valence-corrected chi connectivity index (χ1v) is 26.9. The van der Waals surface area contributed by atoms with Gasteiger partial charge in [-0.1, -0.05) is 5.21 Å². The number of phenols is 1. The van der Waals surface area contributed by atoms with Gasteiger partial charge in [0, 0.05) is 78.8 Å². The number of halogens is 1. The van der Waals surface area contributed by atoms with Crippen molar-refractivity contribution < 1.29 is 90.0 Å². The fourth-order valence-corrected chi connectivity index (χ4v) is 10.5. The molecule has 28 heteroatoms. The van der Waals surface area contributed by atoms with Gasteiger partial charge in [-0.25, -0.2) is 4.68 Å². The minimum atomic E-state index is -5.30. The van der Waals surface area contributed by atoms with Gasteiger partial charge in [0.1, 0.15) is 47.3 Å². The molecule has 5 heterocycles. The average Bonchev–Trinajstić information content (AvgIpc) is 4.27. The number of benzene rings is 4. The number of ether oxygens (including phenoxy) is 5. The Balaban J connectivity index is 0.931. The number of methoxy groups -OCH3 is 1. The number of nitrogens with zero attached hydrogens (tertiary/aromatic N) is 6. The van der Waals surface area contributed by atoms with Gasteiger partial charge in [-0.15, -0.1) is 25.1 Å². The molecule has 80 heavy (non-hydrogen) atoms. The zero-order valence-corrected chi connectivity index (χ0v) is 44.8. The second-order valence-electron chi connectivity index (χ2n) is 19.0. The van der Waals surface area contributed by atoms with Crippen molar-refractivity contribution in [1.29, 1.82) is 0 Å². The number of carbonyl (C=O) groups is 5. The molecule has 4 amide bonds. The van der Waals surface area contributed by atoms with Crippen LogP contribution in [0, 0.1) is 0 Å². The van der Waals surface area contributed by atoms with Crippen LogP contribution in [0.15, 0.2) is 66.9 Å². The van der Waals surface area contributed by atoms with Crippen LogP contribution in [0.5, 0.6) is 28.7 Å². The van der Waals surface area contributed by atoms with E-state index in [1.54, 1.807) is 18.3 Å². The SMILES string of the molecule is COc1ccc2c(OS(=O)(=O)Oc3cc(C(=O)N(C)CCOCCn4cc(COCCN5C(=O)CCC5=O)nn4)ccc3O[C@@H]3O[C@H](CO)[C@H](O)[C@H](O)C3O)cc3c(c2c1)[C@H](CCl)CN3C(=O)c1cc2cc(C(C)=O)c(O)cc2[nH]1. The highest BCUT2D eigenvalue weighted by Gasteiger charge is 2.45. The van der Waals surface area contributed by atoms with Crippen molar-refractivity contribution >= 4 is 78.8 Å². The second kappa shape index (κ2) is 24.1. The van der Waals surface area contributed by atoms with Gasteiger partial charge in [0.15, 0.2) is 23.0 Å². The van der Waals surface area contributed by atoms with E-state index in [4.69, 9.17) is 43.7 Å². The number of amides is 4. The number of anilines is 1. The number of phenolic OH excluding ortho intramolecular Hbond substituents is 1. The number of likely N-dealkylation sites (N-methyl/N-ethyl adjacent to an activating group) is 1. The number of ketones is 1. The molecule has 0 saturated carbocycles. The lowest BCUT2D eigenvalue weighted by Crippen LogP contribution is -2.60. The molecule has 2 aromatic heterocycles. The number of likely N-dealkylation sites (tertiary alicyclic amines) is 1. The van der Waals surface area contributed by atoms with E-state index >= 15 is 0 Å². The maximum absolute atomic E-state index is 14.5. The quantitative estimate of drug-likeness (QED) is 0.0232. The number of aromatic nitrogens is 4. The number of hydrogen-bond acceptors (Lipinski definition) is 21. The topological polar surface area (TPSA) is 341 Å². The van der Waals surface area contributed by atoms with Crippen molar-refractivity contribution in [3.05, 3.63) is 94.9 Å². The number of alkyl halides is 1. The number of carbonyl (C=O) groups excluding carboxylic acids is 5. The number of fused-ring (bicyclic) bond motifs is 4. The smallest absolute Gasteiger partial charge is 0.501 e. The molecule has 2 saturated heterocycles. The minimum Gasteiger partial charge on any atom is -0.507 e. The molecule has 0 bridgehead atoms. The van der Waals surface area contributed by atoms with E-state index in [9.17, 15) is 57.9 Å². The standard InChI is InChI=1S/C52H56ClN7O19S/c1-27(62)34-16-29-17-37(54-36(29)20-39(34)63)51(70)60-23-30(22-53)46-35-19-32(73-3)5-6-33(35)41(21-38(46)60)78-80(71,72)79-42-18-28(4-7-40(42)76-52-49(68)48(67)47(66)43(25-61)77-52)50(69)57(2)10-13-74-14-11-58-24-31(55-56-58)26-75-15-12-59-44(64)8-9-45(59)65/h4-7,16-21,24,30,43,47-49,52,54,61,63,66-68H,8-15,22-23,25-26H2,1-3H3/t30-,43-,47+,48+,49?,52-/m1/s1. The summed E-state index contributed by atoms with van der Waals surface area (Å²) in [6, 6.07) is 13.8. The van der Waals surface area contributed by atoms with Gasteiger partial charge in [0.05, 0.1) is 70.7 Å². The molecular weight excluding hydrogens is 1090 g/mol. The van der Waals surface area contributed by atoms with Crippen molar-refractivity contribution in [3.63, 3.8) is 0 Å². The van der Waals surface area contributed by atoms with Gasteiger partial charge < -0.3 is 72.4 Å². The maximum Gasteiger partial charge on any atom is 0.501 e. The molecule has 426 valence electrons. The summed E-state index contributed by atoms with van der Waals surface area (Å²) in [6.07, 6.45) is -6.78. The molecule has 0 radical (unpaired) electrons. The number of aliphatic hydroxyl groups excluding tert-OH is 4. The zero-order valence-electron chi connectivity index (χ0n) is 43.2. The molecule has 9 rings (SSSR count). The van der Waals surface area contributed by atoms with Crippen LogP contribution in [-0.4, -0.2) is 190 Å². The molecule has 2 fully saturated rings. The summed E-state index contributed by atoms with van der Waals surface area (Å²) >= 11 is 6.55. The molecule has 6 aromatic rings. The summed E-state index contributed by atoms with van der Waals surface area (Å²) in [7, 11) is -2.40. The van der Waals surface area contributed by atoms with E-state index in [1.165, 1.54) is 76.9 Å². The number of Topliss-reactive ketones (excluding diaryl/α,β-unsaturated/α-hetero) is 1. The summed E-state index contributed by atoms with van der Waals surface area (Å²) < 4.78 is 69.7. The van der Waals surface area contributed by atoms with Crippen LogP contribution in [0.4, 0.5) is 5.69 Å². The molecule has 26 nitrogen and oxygen atoms in total. The number of H-pyrrole nitrogens is 1. The monoisotopic (exact) mass is 1150 g/mol. The Morgan fingerprint density at radius 2 is 1.64 bits per heavy atom. The fraction of sp³-hybridized carbons (Fsp3) is 0.404.